The minimum absolute atomic E-state index is 0.000540. The van der Waals surface area contributed by atoms with Gasteiger partial charge in [-0.25, -0.2) is 13.6 Å². The van der Waals surface area contributed by atoms with E-state index < -0.39 is 10.0 Å². The molecule has 0 saturated carbocycles. The van der Waals surface area contributed by atoms with Gasteiger partial charge in [-0.2, -0.15) is 5.10 Å². The Hall–Kier alpha value is -2.52. The van der Waals surface area contributed by atoms with Crippen molar-refractivity contribution in [3.63, 3.8) is 0 Å². The number of anilines is 1. The summed E-state index contributed by atoms with van der Waals surface area (Å²) in [5.41, 5.74) is 1.83. The average Bonchev–Trinajstić information content (AvgIpc) is 2.68. The number of hydrogen-bond acceptors (Lipinski definition) is 6. The molecule has 0 unspecified atom stereocenters. The molecule has 1 saturated heterocycles. The van der Waals surface area contributed by atoms with E-state index in [1.165, 1.54) is 12.1 Å². The highest BCUT2D eigenvalue weighted by Crippen LogP contribution is 2.21. The number of aromatic nitrogens is 2. The highest BCUT2D eigenvalue weighted by atomic mass is 32.2. The molecule has 9 heteroatoms. The van der Waals surface area contributed by atoms with E-state index in [2.05, 4.69) is 20.4 Å². The van der Waals surface area contributed by atoms with E-state index in [9.17, 15) is 13.2 Å². The van der Waals surface area contributed by atoms with E-state index in [0.29, 0.717) is 13.0 Å². The standard InChI is InChI=1S/C19H25N5O3S/c1-14-2-7-18(23-22-14)24-12-9-16(10-13-24)19(25)21-11-8-15-3-5-17(6-4-15)28(20,26)27/h2-7,16H,8-13H2,1H3,(H,21,25)(H2,20,26,27). The molecular weight excluding hydrogens is 378 g/mol. The second-order valence-electron chi connectivity index (χ2n) is 7.02. The van der Waals surface area contributed by atoms with Crippen LogP contribution >= 0.6 is 0 Å². The number of primary sulfonamides is 1. The monoisotopic (exact) mass is 403 g/mol. The molecule has 3 rings (SSSR count). The molecule has 2 heterocycles. The number of benzene rings is 1. The summed E-state index contributed by atoms with van der Waals surface area (Å²) < 4.78 is 22.5. The number of carbonyl (C=O) groups is 1. The average molecular weight is 404 g/mol. The third-order valence-electron chi connectivity index (χ3n) is 4.94. The van der Waals surface area contributed by atoms with Crippen LogP contribution in [0.25, 0.3) is 0 Å². The van der Waals surface area contributed by atoms with E-state index in [4.69, 9.17) is 5.14 Å². The van der Waals surface area contributed by atoms with Crippen LogP contribution in [0.1, 0.15) is 24.1 Å². The Morgan fingerprint density at radius 3 is 2.39 bits per heavy atom. The SMILES string of the molecule is Cc1ccc(N2CCC(C(=O)NCCc3ccc(S(N)(=O)=O)cc3)CC2)nn1. The Morgan fingerprint density at radius 1 is 1.14 bits per heavy atom. The zero-order chi connectivity index (χ0) is 20.1. The number of nitrogens with one attached hydrogen (secondary N) is 1. The maximum Gasteiger partial charge on any atom is 0.238 e. The molecule has 1 aliphatic rings. The van der Waals surface area contributed by atoms with E-state index >= 15 is 0 Å². The van der Waals surface area contributed by atoms with Crippen LogP contribution in [0.4, 0.5) is 5.82 Å². The quantitative estimate of drug-likeness (QED) is 0.743. The first-order chi connectivity index (χ1) is 13.3. The lowest BCUT2D eigenvalue weighted by Gasteiger charge is -2.31. The van der Waals surface area contributed by atoms with Gasteiger partial charge in [0.1, 0.15) is 0 Å². The van der Waals surface area contributed by atoms with Gasteiger partial charge in [-0.1, -0.05) is 12.1 Å². The van der Waals surface area contributed by atoms with Gasteiger partial charge in [-0.05, 0) is 56.0 Å². The van der Waals surface area contributed by atoms with Crippen molar-refractivity contribution in [3.05, 3.63) is 47.7 Å². The van der Waals surface area contributed by atoms with Gasteiger partial charge < -0.3 is 10.2 Å². The largest absolute Gasteiger partial charge is 0.356 e. The molecule has 1 aromatic heterocycles. The molecule has 150 valence electrons. The van der Waals surface area contributed by atoms with Gasteiger partial charge in [0.25, 0.3) is 0 Å². The van der Waals surface area contributed by atoms with E-state index in [1.54, 1.807) is 12.1 Å². The fraction of sp³-hybridized carbons (Fsp3) is 0.421. The highest BCUT2D eigenvalue weighted by molar-refractivity contribution is 7.89. The maximum absolute atomic E-state index is 12.4. The molecule has 8 nitrogen and oxygen atoms in total. The molecule has 1 amide bonds. The number of aryl methyl sites for hydroxylation is 1. The lowest BCUT2D eigenvalue weighted by atomic mass is 9.96. The summed E-state index contributed by atoms with van der Waals surface area (Å²) in [5.74, 6) is 0.919. The lowest BCUT2D eigenvalue weighted by molar-refractivity contribution is -0.125. The first-order valence-corrected chi connectivity index (χ1v) is 10.8. The van der Waals surface area contributed by atoms with E-state index in [-0.39, 0.29) is 16.7 Å². The topological polar surface area (TPSA) is 118 Å². The van der Waals surface area contributed by atoms with Gasteiger partial charge in [-0.3, -0.25) is 4.79 Å². The van der Waals surface area contributed by atoms with Crippen molar-refractivity contribution in [2.24, 2.45) is 11.1 Å². The molecule has 2 aromatic rings. The van der Waals surface area contributed by atoms with Crippen LogP contribution in [-0.2, 0) is 21.2 Å². The number of amides is 1. The zero-order valence-electron chi connectivity index (χ0n) is 15.8. The van der Waals surface area contributed by atoms with Crippen LogP contribution in [0.5, 0.6) is 0 Å². The van der Waals surface area contributed by atoms with Crippen molar-refractivity contribution in [1.82, 2.24) is 15.5 Å². The predicted molar refractivity (Wildman–Crippen MR) is 106 cm³/mol. The Labute approximate surface area is 165 Å². The fourth-order valence-corrected chi connectivity index (χ4v) is 3.77. The van der Waals surface area contributed by atoms with E-state index in [1.807, 2.05) is 19.1 Å². The highest BCUT2D eigenvalue weighted by Gasteiger charge is 2.25. The molecule has 3 N–H and O–H groups in total. The third-order valence-corrected chi connectivity index (χ3v) is 5.87. The number of hydrogen-bond donors (Lipinski definition) is 2. The van der Waals surface area contributed by atoms with Gasteiger partial charge in [0, 0.05) is 25.6 Å². The van der Waals surface area contributed by atoms with Gasteiger partial charge in [0.15, 0.2) is 5.82 Å². The minimum atomic E-state index is -3.68. The van der Waals surface area contributed by atoms with Gasteiger partial charge >= 0.3 is 0 Å². The van der Waals surface area contributed by atoms with Crippen LogP contribution in [-0.4, -0.2) is 44.2 Å². The molecule has 0 bridgehead atoms. The summed E-state index contributed by atoms with van der Waals surface area (Å²) in [4.78, 5) is 14.7. The van der Waals surface area contributed by atoms with Crippen molar-refractivity contribution in [2.75, 3.05) is 24.5 Å². The number of rotatable bonds is 6. The van der Waals surface area contributed by atoms with Gasteiger partial charge in [-0.15, -0.1) is 5.10 Å². The molecule has 0 aliphatic carbocycles. The van der Waals surface area contributed by atoms with Crippen LogP contribution in [0.15, 0.2) is 41.3 Å². The summed E-state index contributed by atoms with van der Waals surface area (Å²) >= 11 is 0. The fourth-order valence-electron chi connectivity index (χ4n) is 3.25. The zero-order valence-corrected chi connectivity index (χ0v) is 16.7. The van der Waals surface area contributed by atoms with Crippen molar-refractivity contribution in [1.29, 1.82) is 0 Å². The predicted octanol–water partition coefficient (Wildman–Crippen LogP) is 1.01. The lowest BCUT2D eigenvalue weighted by Crippen LogP contribution is -2.41. The second-order valence-corrected chi connectivity index (χ2v) is 8.59. The third kappa shape index (κ3) is 5.26. The summed E-state index contributed by atoms with van der Waals surface area (Å²) in [6.45, 7) is 3.98. The van der Waals surface area contributed by atoms with E-state index in [0.717, 1.165) is 43.0 Å². The normalized spacial score (nSPS) is 15.4. The molecule has 28 heavy (non-hydrogen) atoms. The number of nitrogens with zero attached hydrogens (tertiary/aromatic N) is 3. The molecule has 1 fully saturated rings. The molecule has 1 aliphatic heterocycles. The summed E-state index contributed by atoms with van der Waals surface area (Å²) in [5, 5.41) is 16.4. The number of sulfonamides is 1. The molecular formula is C19H25N5O3S. The van der Waals surface area contributed by atoms with Crippen molar-refractivity contribution < 1.29 is 13.2 Å². The van der Waals surface area contributed by atoms with Crippen molar-refractivity contribution in [2.45, 2.75) is 31.1 Å². The summed E-state index contributed by atoms with van der Waals surface area (Å²) in [6, 6.07) is 10.3. The Morgan fingerprint density at radius 2 is 1.82 bits per heavy atom. The first kappa shape index (κ1) is 20.2. The smallest absolute Gasteiger partial charge is 0.238 e. The van der Waals surface area contributed by atoms with Crippen LogP contribution in [0.2, 0.25) is 0 Å². The molecule has 0 atom stereocenters. The van der Waals surface area contributed by atoms with Gasteiger partial charge in [0.05, 0.1) is 10.6 Å². The van der Waals surface area contributed by atoms with Crippen LogP contribution < -0.4 is 15.4 Å². The van der Waals surface area contributed by atoms with Gasteiger partial charge in [0.2, 0.25) is 15.9 Å². The first-order valence-electron chi connectivity index (χ1n) is 9.27. The van der Waals surface area contributed by atoms with Crippen LogP contribution in [0.3, 0.4) is 0 Å². The second kappa shape index (κ2) is 8.66. The number of nitrogens with two attached hydrogens (primary N) is 1. The van der Waals surface area contributed by atoms with Crippen molar-refractivity contribution >= 4 is 21.7 Å². The number of piperidine rings is 1. The molecule has 1 aromatic carbocycles. The number of carbonyl (C=O) groups excluding carboxylic acids is 1. The van der Waals surface area contributed by atoms with Crippen LogP contribution in [0, 0.1) is 12.8 Å². The summed E-state index contributed by atoms with van der Waals surface area (Å²) in [6.07, 6.45) is 2.20. The molecule has 0 spiro atoms. The summed E-state index contributed by atoms with van der Waals surface area (Å²) in [7, 11) is -3.68. The molecule has 0 radical (unpaired) electrons. The Bertz CT molecular complexity index is 906. The minimum Gasteiger partial charge on any atom is -0.356 e. The Kier molecular flexibility index (Phi) is 6.25. The maximum atomic E-state index is 12.4. The Balaban J connectivity index is 1.43. The van der Waals surface area contributed by atoms with Crippen molar-refractivity contribution in [3.8, 4) is 0 Å².